The van der Waals surface area contributed by atoms with Crippen LogP contribution in [0.5, 0.6) is 0 Å². The number of guanidine groups is 1. The van der Waals surface area contributed by atoms with E-state index >= 15 is 0 Å². The number of nitrogens with two attached hydrogens (primary N) is 1. The Morgan fingerprint density at radius 3 is 2.46 bits per heavy atom. The molecule has 2 aromatic carbocycles. The van der Waals surface area contributed by atoms with Crippen molar-refractivity contribution in [2.75, 3.05) is 31.5 Å². The minimum Gasteiger partial charge on any atom is -0.330 e. The van der Waals surface area contributed by atoms with E-state index in [1.807, 2.05) is 37.3 Å². The molecule has 0 amide bonds. The number of nitrogens with one attached hydrogen (secondary N) is 2. The van der Waals surface area contributed by atoms with Gasteiger partial charge in [-0.2, -0.15) is 13.2 Å². The summed E-state index contributed by atoms with van der Waals surface area (Å²) in [4.78, 5) is 9.08. The lowest BCUT2D eigenvalue weighted by Crippen LogP contribution is -2.36. The molecule has 2 unspecified atom stereocenters. The van der Waals surface area contributed by atoms with Gasteiger partial charge < -0.3 is 16.4 Å². The number of benzene rings is 2. The summed E-state index contributed by atoms with van der Waals surface area (Å²) in [6.07, 6.45) is -0.603. The summed E-state index contributed by atoms with van der Waals surface area (Å²) in [5.74, 6) is 0.266. The molecule has 2 aliphatic heterocycles. The second kappa shape index (κ2) is 10.6. The summed E-state index contributed by atoms with van der Waals surface area (Å²) < 4.78 is 43.2. The highest BCUT2D eigenvalue weighted by Crippen LogP contribution is 2.64. The Labute approximate surface area is 216 Å². The highest BCUT2D eigenvalue weighted by atomic mass is 19.4. The third kappa shape index (κ3) is 5.32. The zero-order chi connectivity index (χ0) is 26.0. The molecule has 2 fully saturated rings. The minimum absolute atomic E-state index is 0.0700. The van der Waals surface area contributed by atoms with Crippen LogP contribution in [0, 0.1) is 18.3 Å². The Bertz CT molecular complexity index is 1180. The van der Waals surface area contributed by atoms with Crippen molar-refractivity contribution < 1.29 is 13.2 Å². The molecule has 2 aromatic rings. The van der Waals surface area contributed by atoms with Crippen LogP contribution in [0.25, 0.3) is 0 Å². The van der Waals surface area contributed by atoms with E-state index < -0.39 is 17.5 Å². The number of aryl methyl sites for hydroxylation is 2. The molecule has 8 heteroatoms. The number of aliphatic imine (C=N–C) groups is 2. The van der Waals surface area contributed by atoms with Crippen molar-refractivity contribution in [1.29, 1.82) is 0 Å². The Balaban J connectivity index is 1.38. The number of nitrogens with zero attached hydrogens (tertiary/aromatic N) is 2. The molecular weight excluding hydrogens is 475 g/mol. The number of piperidine rings is 1. The van der Waals surface area contributed by atoms with Crippen molar-refractivity contribution in [2.24, 2.45) is 27.1 Å². The number of rotatable bonds is 7. The third-order valence-corrected chi connectivity index (χ3v) is 8.30. The number of halogens is 3. The van der Waals surface area contributed by atoms with Crippen LogP contribution in [-0.2, 0) is 12.8 Å². The molecule has 4 N–H and O–H groups in total. The number of hydrogen-bond acceptors (Lipinski definition) is 5. The second-order valence-electron chi connectivity index (χ2n) is 10.6. The highest BCUT2D eigenvalue weighted by Gasteiger charge is 2.73. The van der Waals surface area contributed by atoms with Crippen LogP contribution in [-0.4, -0.2) is 44.0 Å². The van der Waals surface area contributed by atoms with Crippen molar-refractivity contribution in [1.82, 2.24) is 5.32 Å². The molecule has 0 bridgehead atoms. The number of hydrogen-bond donors (Lipinski definition) is 3. The summed E-state index contributed by atoms with van der Waals surface area (Å²) in [6.45, 7) is 4.71. The van der Waals surface area contributed by atoms with Crippen LogP contribution in [0.15, 0.2) is 52.4 Å². The van der Waals surface area contributed by atoms with Gasteiger partial charge in [0.15, 0.2) is 0 Å². The van der Waals surface area contributed by atoms with Gasteiger partial charge in [0.2, 0.25) is 5.96 Å². The van der Waals surface area contributed by atoms with Crippen molar-refractivity contribution in [3.8, 4) is 0 Å². The van der Waals surface area contributed by atoms with Crippen LogP contribution >= 0.6 is 0 Å². The zero-order valence-corrected chi connectivity index (χ0v) is 21.4. The smallest absolute Gasteiger partial charge is 0.330 e. The maximum absolute atomic E-state index is 14.4. The number of anilines is 1. The lowest BCUT2D eigenvalue weighted by Gasteiger charge is -2.24. The maximum Gasteiger partial charge on any atom is 0.399 e. The monoisotopic (exact) mass is 511 g/mol. The first-order valence-corrected chi connectivity index (χ1v) is 13.4. The van der Waals surface area contributed by atoms with Gasteiger partial charge in [-0.3, -0.25) is 4.99 Å². The van der Waals surface area contributed by atoms with E-state index in [1.54, 1.807) is 0 Å². The van der Waals surface area contributed by atoms with Crippen LogP contribution in [0.1, 0.15) is 53.9 Å². The Kier molecular flexibility index (Phi) is 7.41. The van der Waals surface area contributed by atoms with E-state index in [-0.39, 0.29) is 31.1 Å². The molecule has 37 heavy (non-hydrogen) atoms. The maximum atomic E-state index is 14.4. The van der Waals surface area contributed by atoms with Gasteiger partial charge in [-0.15, -0.1) is 0 Å². The molecule has 5 nitrogen and oxygen atoms in total. The summed E-state index contributed by atoms with van der Waals surface area (Å²) in [5.41, 5.74) is 9.40. The fourth-order valence-corrected chi connectivity index (χ4v) is 6.03. The average molecular weight is 512 g/mol. The molecule has 198 valence electrons. The Morgan fingerprint density at radius 1 is 1.05 bits per heavy atom. The van der Waals surface area contributed by atoms with E-state index in [4.69, 9.17) is 5.73 Å². The first kappa shape index (κ1) is 25.9. The summed E-state index contributed by atoms with van der Waals surface area (Å²) in [7, 11) is 0. The lowest BCUT2D eigenvalue weighted by molar-refractivity contribution is -0.169. The minimum atomic E-state index is -4.34. The molecule has 1 saturated heterocycles. The van der Waals surface area contributed by atoms with Gasteiger partial charge in [0.1, 0.15) is 5.41 Å². The molecule has 2 atom stereocenters. The average Bonchev–Trinajstić information content (AvgIpc) is 3.65. The topological polar surface area (TPSA) is 74.8 Å². The van der Waals surface area contributed by atoms with Crippen molar-refractivity contribution in [3.05, 3.63) is 64.7 Å². The van der Waals surface area contributed by atoms with E-state index in [9.17, 15) is 13.2 Å². The second-order valence-corrected chi connectivity index (χ2v) is 10.6. The largest absolute Gasteiger partial charge is 0.399 e. The molecule has 0 spiro atoms. The number of fused-ring (bicyclic) bond motifs is 1. The van der Waals surface area contributed by atoms with Gasteiger partial charge in [-0.05, 0) is 105 Å². The van der Waals surface area contributed by atoms with E-state index in [2.05, 4.69) is 32.8 Å². The predicted molar refractivity (Wildman–Crippen MR) is 143 cm³/mol. The molecule has 1 saturated carbocycles. The summed E-state index contributed by atoms with van der Waals surface area (Å²) >= 11 is 0. The van der Waals surface area contributed by atoms with Crippen molar-refractivity contribution in [3.63, 3.8) is 0 Å². The molecular formula is C29H36F3N5. The van der Waals surface area contributed by atoms with Gasteiger partial charge in [0.25, 0.3) is 0 Å². The quantitative estimate of drug-likeness (QED) is 0.467. The van der Waals surface area contributed by atoms with Crippen molar-refractivity contribution in [2.45, 2.75) is 57.5 Å². The first-order valence-electron chi connectivity index (χ1n) is 13.4. The highest BCUT2D eigenvalue weighted by molar-refractivity contribution is 6.07. The standard InChI is InChI=1S/C29H36F3N5/c1-19-16-23(22-11-14-34-15-12-22)6-8-25(19)36-27-35-18-24-17-28(24,29(30,31)32)26(37-27)9-7-20-4-2-3-5-21(20)10-13-33/h2-6,8,16,22,24,34H,7,9-15,17-18,33H2,1H3,(H,35,36). The van der Waals surface area contributed by atoms with Gasteiger partial charge in [0, 0.05) is 17.9 Å². The van der Waals surface area contributed by atoms with Gasteiger partial charge in [-0.25, -0.2) is 4.99 Å². The molecule has 2 heterocycles. The molecule has 1 aliphatic carbocycles. The van der Waals surface area contributed by atoms with Crippen LogP contribution in [0.2, 0.25) is 0 Å². The first-order chi connectivity index (χ1) is 17.8. The van der Waals surface area contributed by atoms with Crippen LogP contribution in [0.3, 0.4) is 0 Å². The van der Waals surface area contributed by atoms with Crippen molar-refractivity contribution >= 4 is 17.4 Å². The fraction of sp³-hybridized carbons (Fsp3) is 0.517. The number of alkyl halides is 3. The summed E-state index contributed by atoms with van der Waals surface area (Å²) in [5, 5.41) is 6.65. The van der Waals surface area contributed by atoms with Crippen LogP contribution in [0.4, 0.5) is 18.9 Å². The SMILES string of the molecule is Cc1cc(C2CCNCC2)ccc1NC1=NCC2CC2(C(F)(F)F)C(CCc2ccccc2CCN)=N1. The Morgan fingerprint density at radius 2 is 1.78 bits per heavy atom. The lowest BCUT2D eigenvalue weighted by atomic mass is 9.89. The van der Waals surface area contributed by atoms with Gasteiger partial charge in [-0.1, -0.05) is 36.4 Å². The molecule has 0 aromatic heterocycles. The third-order valence-electron chi connectivity index (χ3n) is 8.30. The molecule has 3 aliphatic rings. The van der Waals surface area contributed by atoms with Crippen LogP contribution < -0.4 is 16.4 Å². The van der Waals surface area contributed by atoms with Gasteiger partial charge >= 0.3 is 6.18 Å². The fourth-order valence-electron chi connectivity index (χ4n) is 6.03. The molecule has 0 radical (unpaired) electrons. The zero-order valence-electron chi connectivity index (χ0n) is 21.4. The van der Waals surface area contributed by atoms with E-state index in [0.717, 1.165) is 48.3 Å². The normalized spacial score (nSPS) is 24.1. The van der Waals surface area contributed by atoms with E-state index in [1.165, 1.54) is 5.56 Å². The predicted octanol–water partition coefficient (Wildman–Crippen LogP) is 5.39. The Hall–Kier alpha value is -2.71. The summed E-state index contributed by atoms with van der Waals surface area (Å²) in [6, 6.07) is 14.2. The van der Waals surface area contributed by atoms with E-state index in [0.29, 0.717) is 25.3 Å². The van der Waals surface area contributed by atoms with Gasteiger partial charge in [0.05, 0.1) is 0 Å². The molecule has 5 rings (SSSR count).